The van der Waals surface area contributed by atoms with Crippen molar-refractivity contribution >= 4 is 17.9 Å². The molecular weight excluding hydrogens is 438 g/mol. The van der Waals surface area contributed by atoms with Gasteiger partial charge in [-0.25, -0.2) is 4.99 Å². The van der Waals surface area contributed by atoms with Crippen molar-refractivity contribution < 1.29 is 24.5 Å². The minimum atomic E-state index is -0.893. The number of aliphatic imine (C=N–C) groups is 1. The molecular formula is C24H29N5O5. The third-order valence-electron chi connectivity index (χ3n) is 6.00. The van der Waals surface area contributed by atoms with Gasteiger partial charge < -0.3 is 25.0 Å². The number of fused-ring (bicyclic) bond motifs is 1. The number of azo groups is 1. The van der Waals surface area contributed by atoms with Gasteiger partial charge in [0, 0.05) is 29.5 Å². The summed E-state index contributed by atoms with van der Waals surface area (Å²) in [5.41, 5.74) is 0.548. The lowest BCUT2D eigenvalue weighted by molar-refractivity contribution is -0.118. The first-order valence-corrected chi connectivity index (χ1v) is 11.0. The number of aliphatic hydroxyl groups excluding tert-OH is 1. The molecule has 0 saturated heterocycles. The largest absolute Gasteiger partial charge is 0.506 e. The molecule has 180 valence electrons. The average molecular weight is 468 g/mol. The Labute approximate surface area is 197 Å². The number of methoxy groups -OCH3 is 1. The Hall–Kier alpha value is -3.50. The second kappa shape index (κ2) is 9.40. The van der Waals surface area contributed by atoms with E-state index in [0.717, 1.165) is 11.3 Å². The number of nitrogens with zero attached hydrogens (tertiary/aromatic N) is 3. The number of amides is 1. The molecule has 0 spiro atoms. The molecule has 2 aliphatic heterocycles. The highest BCUT2D eigenvalue weighted by molar-refractivity contribution is 5.97. The Balaban J connectivity index is 1.42. The van der Waals surface area contributed by atoms with Gasteiger partial charge in [0.15, 0.2) is 18.0 Å². The number of nitrogens with one attached hydrogen (secondary N) is 2. The maximum atomic E-state index is 11.6. The molecule has 10 heteroatoms. The zero-order valence-corrected chi connectivity index (χ0v) is 19.4. The van der Waals surface area contributed by atoms with Crippen molar-refractivity contribution in [2.24, 2.45) is 15.2 Å². The Bertz CT molecular complexity index is 1100. The van der Waals surface area contributed by atoms with Crippen molar-refractivity contribution in [3.8, 4) is 17.2 Å². The fraction of sp³-hybridized carbons (Fsp3) is 0.417. The highest BCUT2D eigenvalue weighted by Crippen LogP contribution is 2.40. The van der Waals surface area contributed by atoms with E-state index in [4.69, 9.17) is 9.47 Å². The number of ether oxygens (including phenoxy) is 2. The summed E-state index contributed by atoms with van der Waals surface area (Å²) in [6, 6.07) is 10.8. The molecule has 2 aromatic rings. The molecule has 4 N–H and O–H groups in total. The van der Waals surface area contributed by atoms with Crippen molar-refractivity contribution in [1.29, 1.82) is 0 Å². The number of rotatable bonds is 9. The van der Waals surface area contributed by atoms with Crippen LogP contribution in [0.25, 0.3) is 0 Å². The molecule has 0 aromatic heterocycles. The quantitative estimate of drug-likeness (QED) is 0.330. The Morgan fingerprint density at radius 1 is 1.26 bits per heavy atom. The molecule has 10 nitrogen and oxygen atoms in total. The molecule has 2 aromatic carbocycles. The molecule has 0 saturated carbocycles. The second-order valence-corrected chi connectivity index (χ2v) is 9.04. The highest BCUT2D eigenvalue weighted by Gasteiger charge is 2.36. The summed E-state index contributed by atoms with van der Waals surface area (Å²) in [6.07, 6.45) is 2.02. The minimum Gasteiger partial charge on any atom is -0.506 e. The fourth-order valence-corrected chi connectivity index (χ4v) is 4.16. The van der Waals surface area contributed by atoms with Crippen molar-refractivity contribution in [2.45, 2.75) is 50.5 Å². The number of carbonyl (C=O) groups excluding carboxylic acids is 1. The summed E-state index contributed by atoms with van der Waals surface area (Å²) < 4.78 is 10.8. The maximum absolute atomic E-state index is 11.6. The lowest BCUT2D eigenvalue weighted by atomic mass is 9.88. The van der Waals surface area contributed by atoms with Crippen LogP contribution in [0.5, 0.6) is 17.2 Å². The normalized spacial score (nSPS) is 19.9. The third kappa shape index (κ3) is 5.02. The number of benzene rings is 2. The highest BCUT2D eigenvalue weighted by atomic mass is 16.5. The van der Waals surface area contributed by atoms with Gasteiger partial charge in [0.25, 0.3) is 5.91 Å². The number of aliphatic hydroxyl groups is 1. The predicted octanol–water partition coefficient (Wildman–Crippen LogP) is 3.09. The standard InChI is InChI=1S/C24H29N5O5/c1-23(2,10-11-24(25-14-26-29-24)16-5-7-17(33-3)8-6-16)28-19(31)12-15-4-9-18(30)21-22(15)34-13-20(32)27-21/h4-9,14,19,28,30-31H,10-13H2,1-3H3,(H,27,32). The minimum absolute atomic E-state index is 0.0790. The van der Waals surface area contributed by atoms with Gasteiger partial charge in [0.1, 0.15) is 29.8 Å². The van der Waals surface area contributed by atoms with Crippen molar-refractivity contribution in [1.82, 2.24) is 5.32 Å². The molecule has 2 aliphatic rings. The summed E-state index contributed by atoms with van der Waals surface area (Å²) in [7, 11) is 1.62. The molecule has 0 bridgehead atoms. The van der Waals surface area contributed by atoms with Gasteiger partial charge in [-0.3, -0.25) is 10.1 Å². The first kappa shape index (κ1) is 23.7. The van der Waals surface area contributed by atoms with Crippen LogP contribution in [0.15, 0.2) is 51.6 Å². The van der Waals surface area contributed by atoms with Crippen LogP contribution in [0.1, 0.15) is 37.8 Å². The molecule has 0 radical (unpaired) electrons. The van der Waals surface area contributed by atoms with Crippen LogP contribution in [0, 0.1) is 0 Å². The van der Waals surface area contributed by atoms with Gasteiger partial charge in [-0.05, 0) is 38.5 Å². The van der Waals surface area contributed by atoms with E-state index < -0.39 is 17.4 Å². The number of carbonyl (C=O) groups is 1. The summed E-state index contributed by atoms with van der Waals surface area (Å²) in [5, 5.41) is 35.1. The Morgan fingerprint density at radius 3 is 2.71 bits per heavy atom. The number of hydrogen-bond acceptors (Lipinski definition) is 9. The van der Waals surface area contributed by atoms with E-state index in [-0.39, 0.29) is 30.4 Å². The van der Waals surface area contributed by atoms with Crippen molar-refractivity contribution in [2.75, 3.05) is 19.0 Å². The second-order valence-electron chi connectivity index (χ2n) is 9.04. The molecule has 0 aliphatic carbocycles. The molecule has 34 heavy (non-hydrogen) atoms. The molecule has 0 fully saturated rings. The fourth-order valence-electron chi connectivity index (χ4n) is 4.16. The van der Waals surface area contributed by atoms with Crippen LogP contribution in [0.2, 0.25) is 0 Å². The lowest BCUT2D eigenvalue weighted by Crippen LogP contribution is -2.47. The van der Waals surface area contributed by atoms with Gasteiger partial charge in [0.2, 0.25) is 0 Å². The van der Waals surface area contributed by atoms with Crippen LogP contribution < -0.4 is 20.1 Å². The maximum Gasteiger partial charge on any atom is 0.262 e. The predicted molar refractivity (Wildman–Crippen MR) is 126 cm³/mol. The smallest absolute Gasteiger partial charge is 0.262 e. The molecule has 4 rings (SSSR count). The molecule has 1 amide bonds. The van der Waals surface area contributed by atoms with Crippen LogP contribution in [0.4, 0.5) is 5.69 Å². The van der Waals surface area contributed by atoms with E-state index in [1.54, 1.807) is 13.2 Å². The van der Waals surface area contributed by atoms with Gasteiger partial charge in [-0.2, -0.15) is 5.11 Å². The van der Waals surface area contributed by atoms with E-state index >= 15 is 0 Å². The average Bonchev–Trinajstić information content (AvgIpc) is 3.30. The Morgan fingerprint density at radius 2 is 2.03 bits per heavy atom. The summed E-state index contributed by atoms with van der Waals surface area (Å²) >= 11 is 0. The van der Waals surface area contributed by atoms with Crippen LogP contribution >= 0.6 is 0 Å². The molecule has 2 atom stereocenters. The summed E-state index contributed by atoms with van der Waals surface area (Å²) in [6.45, 7) is 3.86. The molecule has 2 unspecified atom stereocenters. The van der Waals surface area contributed by atoms with Gasteiger partial charge in [0.05, 0.1) is 7.11 Å². The van der Waals surface area contributed by atoms with Crippen molar-refractivity contribution in [3.63, 3.8) is 0 Å². The van der Waals surface area contributed by atoms with E-state index in [2.05, 4.69) is 25.9 Å². The van der Waals surface area contributed by atoms with E-state index in [9.17, 15) is 15.0 Å². The molecule has 2 heterocycles. The number of hydrogen-bond donors (Lipinski definition) is 4. The number of phenols is 1. The zero-order chi connectivity index (χ0) is 24.3. The monoisotopic (exact) mass is 467 g/mol. The first-order valence-electron chi connectivity index (χ1n) is 11.0. The summed E-state index contributed by atoms with van der Waals surface area (Å²) in [5.74, 6) is 0.710. The number of aromatic hydroxyl groups is 1. The van der Waals surface area contributed by atoms with Gasteiger partial charge >= 0.3 is 0 Å². The van der Waals surface area contributed by atoms with Crippen molar-refractivity contribution in [3.05, 3.63) is 47.5 Å². The van der Waals surface area contributed by atoms with Crippen LogP contribution in [0.3, 0.4) is 0 Å². The third-order valence-corrected chi connectivity index (χ3v) is 6.00. The topological polar surface area (TPSA) is 137 Å². The first-order chi connectivity index (χ1) is 16.2. The summed E-state index contributed by atoms with van der Waals surface area (Å²) in [4.78, 5) is 16.1. The SMILES string of the molecule is COc1ccc(C2(CCC(C)(C)NC(O)Cc3ccc(O)c4c3OCC(=O)N4)N=CN=N2)cc1. The van der Waals surface area contributed by atoms with Gasteiger partial charge in [-0.15, -0.1) is 5.11 Å². The van der Waals surface area contributed by atoms with Crippen LogP contribution in [-0.2, 0) is 16.9 Å². The lowest BCUT2D eigenvalue weighted by Gasteiger charge is -2.33. The van der Waals surface area contributed by atoms with Crippen LogP contribution in [-0.4, -0.2) is 47.9 Å². The van der Waals surface area contributed by atoms with E-state index in [1.165, 1.54) is 12.4 Å². The number of anilines is 1. The Kier molecular flexibility index (Phi) is 6.54. The van der Waals surface area contributed by atoms with E-state index in [0.29, 0.717) is 24.2 Å². The van der Waals surface area contributed by atoms with E-state index in [1.807, 2.05) is 38.1 Å². The van der Waals surface area contributed by atoms with Gasteiger partial charge in [-0.1, -0.05) is 18.2 Å². The zero-order valence-electron chi connectivity index (χ0n) is 19.4. The number of phenolic OH excluding ortho intramolecular Hbond substituents is 1.